The third-order valence-corrected chi connectivity index (χ3v) is 10.0. The molecule has 0 aromatic rings. The van der Waals surface area contributed by atoms with Crippen molar-refractivity contribution in [3.05, 3.63) is 0 Å². The molecular formula is C39H78O2. The lowest BCUT2D eigenvalue weighted by molar-refractivity contribution is 0.0830. The first kappa shape index (κ1) is 38.9. The lowest BCUT2D eigenvalue weighted by Gasteiger charge is -2.23. The molecule has 0 bridgehead atoms. The van der Waals surface area contributed by atoms with E-state index in [9.17, 15) is 5.11 Å². The number of hydrogen-bond acceptors (Lipinski definition) is 2. The van der Waals surface area contributed by atoms with Crippen molar-refractivity contribution in [2.75, 3.05) is 6.61 Å². The molecule has 1 aliphatic rings. The van der Waals surface area contributed by atoms with Crippen molar-refractivity contribution >= 4 is 0 Å². The molecule has 1 N–H and O–H groups in total. The SMILES string of the molecule is CCCCCCC(CCCCCCCC(CC)CC1CO1)C(O)CCCCCCCCCCCCCCCC(C)C. The molecule has 2 heteroatoms. The Morgan fingerprint density at radius 1 is 0.537 bits per heavy atom. The normalized spacial score (nSPS) is 17.3. The summed E-state index contributed by atoms with van der Waals surface area (Å²) in [6.07, 6.45) is 40.0. The third-order valence-electron chi connectivity index (χ3n) is 10.0. The van der Waals surface area contributed by atoms with Crippen molar-refractivity contribution in [1.82, 2.24) is 0 Å². The fourth-order valence-corrected chi connectivity index (χ4v) is 6.88. The number of unbranched alkanes of at least 4 members (excludes halogenated alkanes) is 19. The highest BCUT2D eigenvalue weighted by Crippen LogP contribution is 2.27. The molecule has 0 aromatic carbocycles. The van der Waals surface area contributed by atoms with Gasteiger partial charge >= 0.3 is 0 Å². The third kappa shape index (κ3) is 26.1. The van der Waals surface area contributed by atoms with E-state index in [4.69, 9.17) is 4.74 Å². The van der Waals surface area contributed by atoms with Gasteiger partial charge < -0.3 is 9.84 Å². The smallest absolute Gasteiger partial charge is 0.0812 e. The second kappa shape index (κ2) is 28.7. The van der Waals surface area contributed by atoms with E-state index in [1.807, 2.05) is 0 Å². The van der Waals surface area contributed by atoms with Gasteiger partial charge in [0, 0.05) is 0 Å². The molecule has 1 heterocycles. The Labute approximate surface area is 260 Å². The van der Waals surface area contributed by atoms with Crippen molar-refractivity contribution in [2.45, 2.75) is 226 Å². The highest BCUT2D eigenvalue weighted by atomic mass is 16.6. The maximum absolute atomic E-state index is 11.1. The summed E-state index contributed by atoms with van der Waals surface area (Å²) < 4.78 is 5.44. The first-order valence-corrected chi connectivity index (χ1v) is 19.4. The first-order chi connectivity index (χ1) is 20.1. The van der Waals surface area contributed by atoms with E-state index in [1.54, 1.807) is 0 Å². The average molecular weight is 579 g/mol. The van der Waals surface area contributed by atoms with Gasteiger partial charge in [0.05, 0.1) is 18.8 Å². The highest BCUT2D eigenvalue weighted by molar-refractivity contribution is 4.74. The van der Waals surface area contributed by atoms with Crippen LogP contribution in [0.4, 0.5) is 0 Å². The minimum atomic E-state index is -0.0584. The fourth-order valence-electron chi connectivity index (χ4n) is 6.88. The van der Waals surface area contributed by atoms with Crippen LogP contribution in [0.1, 0.15) is 214 Å². The van der Waals surface area contributed by atoms with Crippen molar-refractivity contribution in [2.24, 2.45) is 17.8 Å². The van der Waals surface area contributed by atoms with Crippen LogP contribution < -0.4 is 0 Å². The second-order valence-corrected chi connectivity index (χ2v) is 14.6. The summed E-state index contributed by atoms with van der Waals surface area (Å²) in [6, 6.07) is 0. The van der Waals surface area contributed by atoms with E-state index in [0.717, 1.165) is 24.9 Å². The van der Waals surface area contributed by atoms with E-state index < -0.39 is 0 Å². The van der Waals surface area contributed by atoms with Gasteiger partial charge in [-0.3, -0.25) is 0 Å². The summed E-state index contributed by atoms with van der Waals surface area (Å²) in [5, 5.41) is 11.1. The van der Waals surface area contributed by atoms with Crippen LogP contribution >= 0.6 is 0 Å². The van der Waals surface area contributed by atoms with Gasteiger partial charge in [-0.15, -0.1) is 0 Å². The molecule has 0 amide bonds. The molecule has 1 rings (SSSR count). The highest BCUT2D eigenvalue weighted by Gasteiger charge is 2.25. The Bertz CT molecular complexity index is 514. The van der Waals surface area contributed by atoms with E-state index in [2.05, 4.69) is 27.7 Å². The summed E-state index contributed by atoms with van der Waals surface area (Å²) in [4.78, 5) is 0. The predicted octanol–water partition coefficient (Wildman–Crippen LogP) is 13.0. The first-order valence-electron chi connectivity index (χ1n) is 19.4. The molecule has 246 valence electrons. The molecule has 1 aliphatic heterocycles. The minimum Gasteiger partial charge on any atom is -0.393 e. The zero-order valence-corrected chi connectivity index (χ0v) is 29.0. The molecule has 2 nitrogen and oxygen atoms in total. The standard InChI is InChI=1S/C39H78O2/c1-5-7-8-25-30-37(31-26-21-18-20-24-29-36(6-2)33-38-34-41-38)39(40)32-27-22-17-15-13-11-9-10-12-14-16-19-23-28-35(3)4/h35-40H,5-34H2,1-4H3. The van der Waals surface area contributed by atoms with Gasteiger partial charge in [0.15, 0.2) is 0 Å². The van der Waals surface area contributed by atoms with Gasteiger partial charge in [0.1, 0.15) is 0 Å². The second-order valence-electron chi connectivity index (χ2n) is 14.6. The Morgan fingerprint density at radius 2 is 0.927 bits per heavy atom. The number of epoxide rings is 1. The molecular weight excluding hydrogens is 500 g/mol. The Kier molecular flexibility index (Phi) is 27.2. The topological polar surface area (TPSA) is 32.8 Å². The Morgan fingerprint density at radius 3 is 1.34 bits per heavy atom. The molecule has 0 radical (unpaired) electrons. The number of rotatable bonds is 33. The zero-order chi connectivity index (χ0) is 29.8. The zero-order valence-electron chi connectivity index (χ0n) is 29.0. The van der Waals surface area contributed by atoms with E-state index in [1.165, 1.54) is 180 Å². The molecule has 0 aliphatic carbocycles. The van der Waals surface area contributed by atoms with Crippen LogP contribution in [0.25, 0.3) is 0 Å². The average Bonchev–Trinajstić information content (AvgIpc) is 3.78. The van der Waals surface area contributed by atoms with E-state index in [0.29, 0.717) is 12.0 Å². The molecule has 1 saturated heterocycles. The largest absolute Gasteiger partial charge is 0.393 e. The number of aliphatic hydroxyl groups is 1. The van der Waals surface area contributed by atoms with Crippen molar-refractivity contribution in [1.29, 1.82) is 0 Å². The van der Waals surface area contributed by atoms with Crippen molar-refractivity contribution in [3.63, 3.8) is 0 Å². The van der Waals surface area contributed by atoms with Gasteiger partial charge in [-0.1, -0.05) is 188 Å². The lowest BCUT2D eigenvalue weighted by atomic mass is 9.87. The van der Waals surface area contributed by atoms with Gasteiger partial charge in [-0.05, 0) is 43.4 Å². The van der Waals surface area contributed by atoms with Crippen molar-refractivity contribution in [3.8, 4) is 0 Å². The molecule has 0 saturated carbocycles. The van der Waals surface area contributed by atoms with Gasteiger partial charge in [-0.2, -0.15) is 0 Å². The monoisotopic (exact) mass is 579 g/mol. The summed E-state index contributed by atoms with van der Waals surface area (Å²) >= 11 is 0. The van der Waals surface area contributed by atoms with Crippen LogP contribution in [0.2, 0.25) is 0 Å². The molecule has 0 spiro atoms. The summed E-state index contributed by atoms with van der Waals surface area (Å²) in [7, 11) is 0. The lowest BCUT2D eigenvalue weighted by Crippen LogP contribution is -2.20. The molecule has 1 fully saturated rings. The van der Waals surface area contributed by atoms with Crippen molar-refractivity contribution < 1.29 is 9.84 Å². The van der Waals surface area contributed by atoms with E-state index >= 15 is 0 Å². The van der Waals surface area contributed by atoms with Crippen LogP contribution in [0.15, 0.2) is 0 Å². The Hall–Kier alpha value is -0.0800. The maximum Gasteiger partial charge on any atom is 0.0812 e. The van der Waals surface area contributed by atoms with Crippen LogP contribution in [0.5, 0.6) is 0 Å². The van der Waals surface area contributed by atoms with Crippen LogP contribution in [-0.4, -0.2) is 23.9 Å². The van der Waals surface area contributed by atoms with E-state index in [-0.39, 0.29) is 6.10 Å². The Balaban J connectivity index is 2.02. The number of ether oxygens (including phenoxy) is 1. The summed E-state index contributed by atoms with van der Waals surface area (Å²) in [5.41, 5.74) is 0. The fraction of sp³-hybridized carbons (Fsp3) is 1.00. The molecule has 41 heavy (non-hydrogen) atoms. The summed E-state index contributed by atoms with van der Waals surface area (Å²) in [5.74, 6) is 2.31. The molecule has 0 aromatic heterocycles. The number of hydrogen-bond donors (Lipinski definition) is 1. The minimum absolute atomic E-state index is 0.0584. The van der Waals surface area contributed by atoms with Gasteiger partial charge in [-0.25, -0.2) is 0 Å². The van der Waals surface area contributed by atoms with Crippen LogP contribution in [0.3, 0.4) is 0 Å². The van der Waals surface area contributed by atoms with Crippen LogP contribution in [-0.2, 0) is 4.74 Å². The maximum atomic E-state index is 11.1. The van der Waals surface area contributed by atoms with Gasteiger partial charge in [0.2, 0.25) is 0 Å². The summed E-state index contributed by atoms with van der Waals surface area (Å²) in [6.45, 7) is 10.3. The van der Waals surface area contributed by atoms with Crippen LogP contribution in [0, 0.1) is 17.8 Å². The molecule has 4 unspecified atom stereocenters. The van der Waals surface area contributed by atoms with Gasteiger partial charge in [0.25, 0.3) is 0 Å². The quantitative estimate of drug-likeness (QED) is 0.0620. The number of aliphatic hydroxyl groups excluding tert-OH is 1. The predicted molar refractivity (Wildman–Crippen MR) is 183 cm³/mol. The molecule has 4 atom stereocenters.